The van der Waals surface area contributed by atoms with Gasteiger partial charge in [-0.3, -0.25) is 9.59 Å². The Morgan fingerprint density at radius 3 is 2.68 bits per heavy atom. The Balaban J connectivity index is 1.79. The van der Waals surface area contributed by atoms with E-state index in [0.29, 0.717) is 25.3 Å². The van der Waals surface area contributed by atoms with Crippen LogP contribution in [0.5, 0.6) is 0 Å². The molecule has 1 aromatic rings. The molecule has 0 aliphatic carbocycles. The molecule has 0 unspecified atom stereocenters. The number of unbranched alkanes of at least 4 members (excludes halogenated alkanes) is 1. The zero-order valence-corrected chi connectivity index (χ0v) is 14.4. The lowest BCUT2D eigenvalue weighted by atomic mass is 9.95. The average Bonchev–Trinajstić information content (AvgIpc) is 2.55. The number of amides is 2. The molecule has 1 aliphatic rings. The fourth-order valence-corrected chi connectivity index (χ4v) is 2.79. The highest BCUT2D eigenvalue weighted by molar-refractivity contribution is 9.10. The van der Waals surface area contributed by atoms with Crippen LogP contribution in [0.1, 0.15) is 39.0 Å². The Morgan fingerprint density at radius 1 is 1.36 bits per heavy atom. The monoisotopic (exact) mass is 367 g/mol. The van der Waals surface area contributed by atoms with Crippen LogP contribution in [0.4, 0.5) is 5.82 Å². The third kappa shape index (κ3) is 4.80. The predicted molar refractivity (Wildman–Crippen MR) is 89.4 cm³/mol. The third-order valence-corrected chi connectivity index (χ3v) is 4.41. The summed E-state index contributed by atoms with van der Waals surface area (Å²) >= 11 is 3.31. The Labute approximate surface area is 139 Å². The number of aromatic nitrogens is 1. The quantitative estimate of drug-likeness (QED) is 0.868. The van der Waals surface area contributed by atoms with Gasteiger partial charge in [0.25, 0.3) is 0 Å². The lowest BCUT2D eigenvalue weighted by Gasteiger charge is -2.31. The molecule has 1 saturated heterocycles. The summed E-state index contributed by atoms with van der Waals surface area (Å²) in [4.78, 5) is 30.2. The van der Waals surface area contributed by atoms with E-state index in [-0.39, 0.29) is 17.7 Å². The van der Waals surface area contributed by atoms with E-state index in [4.69, 9.17) is 0 Å². The van der Waals surface area contributed by atoms with Crippen molar-refractivity contribution in [2.24, 2.45) is 5.92 Å². The van der Waals surface area contributed by atoms with E-state index in [1.165, 1.54) is 0 Å². The minimum absolute atomic E-state index is 0.00419. The van der Waals surface area contributed by atoms with Crippen LogP contribution in [0.2, 0.25) is 0 Å². The Morgan fingerprint density at radius 2 is 2.09 bits per heavy atom. The fraction of sp³-hybridized carbons (Fsp3) is 0.562. The van der Waals surface area contributed by atoms with Crippen molar-refractivity contribution in [1.29, 1.82) is 0 Å². The summed E-state index contributed by atoms with van der Waals surface area (Å²) in [7, 11) is 0. The summed E-state index contributed by atoms with van der Waals surface area (Å²) in [6, 6.07) is 3.61. The van der Waals surface area contributed by atoms with Crippen molar-refractivity contribution in [3.63, 3.8) is 0 Å². The number of carbonyl (C=O) groups excluding carboxylic acids is 2. The molecule has 6 heteroatoms. The first-order chi connectivity index (χ1) is 10.6. The van der Waals surface area contributed by atoms with Crippen LogP contribution < -0.4 is 5.32 Å². The number of nitrogens with zero attached hydrogens (tertiary/aromatic N) is 2. The van der Waals surface area contributed by atoms with Crippen molar-refractivity contribution in [2.45, 2.75) is 39.0 Å². The lowest BCUT2D eigenvalue weighted by Crippen LogP contribution is -2.41. The SMILES string of the molecule is CCCCC(=O)N1CCC(C(=O)Nc2ccc(Br)cn2)CC1. The Kier molecular flexibility index (Phi) is 6.36. The van der Waals surface area contributed by atoms with Gasteiger partial charge in [0.05, 0.1) is 0 Å². The molecule has 120 valence electrons. The molecule has 2 heterocycles. The van der Waals surface area contributed by atoms with Crippen LogP contribution in [-0.4, -0.2) is 34.8 Å². The molecule has 1 aliphatic heterocycles. The molecule has 0 atom stereocenters. The van der Waals surface area contributed by atoms with Crippen LogP contribution in [0.25, 0.3) is 0 Å². The molecule has 2 rings (SSSR count). The van der Waals surface area contributed by atoms with Crippen molar-refractivity contribution < 1.29 is 9.59 Å². The van der Waals surface area contributed by atoms with Gasteiger partial charge in [-0.15, -0.1) is 0 Å². The first kappa shape index (κ1) is 16.9. The highest BCUT2D eigenvalue weighted by atomic mass is 79.9. The molecule has 0 saturated carbocycles. The second-order valence-electron chi connectivity index (χ2n) is 5.61. The Hall–Kier alpha value is -1.43. The summed E-state index contributed by atoms with van der Waals surface area (Å²) in [6.07, 6.45) is 5.69. The standard InChI is InChI=1S/C16H22BrN3O2/c1-2-3-4-15(21)20-9-7-12(8-10-20)16(22)19-14-6-5-13(17)11-18-14/h5-6,11-12H,2-4,7-10H2,1H3,(H,18,19,22). The zero-order valence-electron chi connectivity index (χ0n) is 12.8. The maximum Gasteiger partial charge on any atom is 0.228 e. The van der Waals surface area contributed by atoms with E-state index in [1.807, 2.05) is 11.0 Å². The third-order valence-electron chi connectivity index (χ3n) is 3.94. The van der Waals surface area contributed by atoms with E-state index in [2.05, 4.69) is 33.2 Å². The van der Waals surface area contributed by atoms with Crippen molar-refractivity contribution in [3.8, 4) is 0 Å². The van der Waals surface area contributed by atoms with Gasteiger partial charge in [0.15, 0.2) is 0 Å². The second kappa shape index (κ2) is 8.27. The molecule has 22 heavy (non-hydrogen) atoms. The van der Waals surface area contributed by atoms with E-state index in [0.717, 1.165) is 30.2 Å². The lowest BCUT2D eigenvalue weighted by molar-refractivity contribution is -0.134. The van der Waals surface area contributed by atoms with Gasteiger partial charge >= 0.3 is 0 Å². The number of nitrogens with one attached hydrogen (secondary N) is 1. The molecular weight excluding hydrogens is 346 g/mol. The van der Waals surface area contributed by atoms with E-state index >= 15 is 0 Å². The van der Waals surface area contributed by atoms with Gasteiger partial charge in [-0.2, -0.15) is 0 Å². The van der Waals surface area contributed by atoms with Gasteiger partial charge < -0.3 is 10.2 Å². The van der Waals surface area contributed by atoms with Gasteiger partial charge in [0, 0.05) is 36.1 Å². The molecule has 0 radical (unpaired) electrons. The number of rotatable bonds is 5. The molecular formula is C16H22BrN3O2. The van der Waals surface area contributed by atoms with Crippen LogP contribution in [0, 0.1) is 5.92 Å². The highest BCUT2D eigenvalue weighted by Gasteiger charge is 2.27. The van der Waals surface area contributed by atoms with Gasteiger partial charge in [0.1, 0.15) is 5.82 Å². The number of anilines is 1. The number of hydrogen-bond donors (Lipinski definition) is 1. The van der Waals surface area contributed by atoms with Crippen molar-refractivity contribution in [1.82, 2.24) is 9.88 Å². The molecule has 1 aromatic heterocycles. The van der Waals surface area contributed by atoms with Gasteiger partial charge in [0.2, 0.25) is 11.8 Å². The van der Waals surface area contributed by atoms with E-state index in [1.54, 1.807) is 12.3 Å². The second-order valence-corrected chi connectivity index (χ2v) is 6.53. The van der Waals surface area contributed by atoms with Crippen LogP contribution >= 0.6 is 15.9 Å². The highest BCUT2D eigenvalue weighted by Crippen LogP contribution is 2.20. The van der Waals surface area contributed by atoms with E-state index < -0.39 is 0 Å². The molecule has 0 aromatic carbocycles. The molecule has 5 nitrogen and oxygen atoms in total. The first-order valence-electron chi connectivity index (χ1n) is 7.80. The summed E-state index contributed by atoms with van der Waals surface area (Å²) < 4.78 is 0.879. The minimum atomic E-state index is -0.0410. The van der Waals surface area contributed by atoms with Gasteiger partial charge in [-0.1, -0.05) is 13.3 Å². The van der Waals surface area contributed by atoms with E-state index in [9.17, 15) is 9.59 Å². The summed E-state index contributed by atoms with van der Waals surface area (Å²) in [5.74, 6) is 0.737. The number of piperidine rings is 1. The largest absolute Gasteiger partial charge is 0.343 e. The fourth-order valence-electron chi connectivity index (χ4n) is 2.56. The summed E-state index contributed by atoms with van der Waals surface area (Å²) in [6.45, 7) is 3.43. The topological polar surface area (TPSA) is 62.3 Å². The van der Waals surface area contributed by atoms with Crippen LogP contribution in [-0.2, 0) is 9.59 Å². The maximum atomic E-state index is 12.2. The molecule has 1 N–H and O–H groups in total. The number of halogens is 1. The average molecular weight is 368 g/mol. The van der Waals surface area contributed by atoms with Crippen LogP contribution in [0.15, 0.2) is 22.8 Å². The first-order valence-corrected chi connectivity index (χ1v) is 8.59. The summed E-state index contributed by atoms with van der Waals surface area (Å²) in [5.41, 5.74) is 0. The molecule has 2 amide bonds. The van der Waals surface area contributed by atoms with Crippen molar-refractivity contribution in [2.75, 3.05) is 18.4 Å². The molecule has 1 fully saturated rings. The van der Waals surface area contributed by atoms with Crippen molar-refractivity contribution in [3.05, 3.63) is 22.8 Å². The summed E-state index contributed by atoms with van der Waals surface area (Å²) in [5, 5.41) is 2.84. The van der Waals surface area contributed by atoms with Gasteiger partial charge in [-0.25, -0.2) is 4.98 Å². The van der Waals surface area contributed by atoms with Gasteiger partial charge in [-0.05, 0) is 47.3 Å². The maximum absolute atomic E-state index is 12.2. The minimum Gasteiger partial charge on any atom is -0.343 e. The number of carbonyl (C=O) groups is 2. The molecule has 0 bridgehead atoms. The van der Waals surface area contributed by atoms with Crippen LogP contribution in [0.3, 0.4) is 0 Å². The predicted octanol–water partition coefficient (Wildman–Crippen LogP) is 3.21. The Bertz CT molecular complexity index is 511. The smallest absolute Gasteiger partial charge is 0.228 e. The number of hydrogen-bond acceptors (Lipinski definition) is 3. The number of likely N-dealkylation sites (tertiary alicyclic amines) is 1. The van der Waals surface area contributed by atoms with Crippen molar-refractivity contribution >= 4 is 33.6 Å². The number of pyridine rings is 1. The molecule has 0 spiro atoms. The normalized spacial score (nSPS) is 15.6. The zero-order chi connectivity index (χ0) is 15.9.